The molecule has 1 unspecified atom stereocenters. The largest absolute Gasteiger partial charge is 0.455 e. The molecule has 0 saturated carbocycles. The summed E-state index contributed by atoms with van der Waals surface area (Å²) in [7, 11) is 0. The van der Waals surface area contributed by atoms with Crippen molar-refractivity contribution in [1.82, 2.24) is 14.5 Å². The quantitative estimate of drug-likeness (QED) is 0.395. The highest BCUT2D eigenvalue weighted by Gasteiger charge is 2.24. The summed E-state index contributed by atoms with van der Waals surface area (Å²) in [5.74, 6) is -1.33. The molecule has 10 nitrogen and oxygen atoms in total. The van der Waals surface area contributed by atoms with Crippen molar-refractivity contribution in [2.24, 2.45) is 0 Å². The maximum absolute atomic E-state index is 12.5. The van der Waals surface area contributed by atoms with E-state index in [-0.39, 0.29) is 12.0 Å². The number of ether oxygens (including phenoxy) is 3. The van der Waals surface area contributed by atoms with E-state index in [1.54, 1.807) is 67.6 Å². The Balaban J connectivity index is 1.78. The fraction of sp³-hybridized carbons (Fsp3) is 0.227. The average Bonchev–Trinajstić information content (AvgIpc) is 2.82. The van der Waals surface area contributed by atoms with Gasteiger partial charge in [0.15, 0.2) is 6.61 Å². The van der Waals surface area contributed by atoms with Crippen LogP contribution in [0.5, 0.6) is 0 Å². The normalized spacial score (nSPS) is 12.5. The van der Waals surface area contributed by atoms with Crippen molar-refractivity contribution in [1.29, 1.82) is 0 Å². The molecule has 2 atom stereocenters. The number of nitrogens with one attached hydrogen (secondary N) is 1. The van der Waals surface area contributed by atoms with E-state index in [2.05, 4.69) is 4.98 Å². The molecule has 1 aromatic heterocycles. The van der Waals surface area contributed by atoms with Crippen molar-refractivity contribution in [2.45, 2.75) is 25.9 Å². The van der Waals surface area contributed by atoms with E-state index in [1.165, 1.54) is 0 Å². The van der Waals surface area contributed by atoms with E-state index in [4.69, 9.17) is 14.2 Å². The van der Waals surface area contributed by atoms with E-state index in [0.29, 0.717) is 5.56 Å². The molecule has 3 aromatic rings. The standard InChI is InChI=1S/C22H21N3O7/c1-2-17(25-14-23-21(28)24-22(25)29)31-18(32-20(27)16-11-7-4-8-12-16)13-30-19(26)15-9-5-3-6-10-15/h3-12,14,17-18H,2,13H2,1H3,(H,24,28,29)/t17-,18?/m1/s1. The second-order valence-electron chi connectivity index (χ2n) is 6.55. The summed E-state index contributed by atoms with van der Waals surface area (Å²) < 4.78 is 17.5. The van der Waals surface area contributed by atoms with E-state index >= 15 is 0 Å². The zero-order chi connectivity index (χ0) is 22.9. The maximum atomic E-state index is 12.5. The van der Waals surface area contributed by atoms with Crippen molar-refractivity contribution >= 4 is 11.9 Å². The van der Waals surface area contributed by atoms with Crippen LogP contribution >= 0.6 is 0 Å². The van der Waals surface area contributed by atoms with Crippen molar-refractivity contribution in [3.05, 3.63) is 99.1 Å². The summed E-state index contributed by atoms with van der Waals surface area (Å²) in [6.45, 7) is 1.29. The third kappa shape index (κ3) is 5.99. The van der Waals surface area contributed by atoms with Gasteiger partial charge in [-0.1, -0.05) is 43.3 Å². The minimum atomic E-state index is -1.33. The van der Waals surface area contributed by atoms with Crippen molar-refractivity contribution in [3.63, 3.8) is 0 Å². The Bertz CT molecular complexity index is 1160. The molecule has 0 aliphatic rings. The van der Waals surface area contributed by atoms with Crippen molar-refractivity contribution < 1.29 is 23.8 Å². The Labute approximate surface area is 182 Å². The first-order valence-electron chi connectivity index (χ1n) is 9.79. The first-order valence-corrected chi connectivity index (χ1v) is 9.79. The molecule has 0 spiro atoms. The van der Waals surface area contributed by atoms with Gasteiger partial charge < -0.3 is 14.2 Å². The highest BCUT2D eigenvalue weighted by molar-refractivity contribution is 5.90. The lowest BCUT2D eigenvalue weighted by Gasteiger charge is -2.24. The second-order valence-corrected chi connectivity index (χ2v) is 6.55. The third-order valence-corrected chi connectivity index (χ3v) is 4.32. The predicted octanol–water partition coefficient (Wildman–Crippen LogP) is 1.90. The lowest BCUT2D eigenvalue weighted by Crippen LogP contribution is -2.37. The molecule has 0 radical (unpaired) electrons. The summed E-state index contributed by atoms with van der Waals surface area (Å²) >= 11 is 0. The molecule has 1 heterocycles. The van der Waals surface area contributed by atoms with Crippen LogP contribution in [0.1, 0.15) is 40.3 Å². The van der Waals surface area contributed by atoms with Crippen LogP contribution in [0, 0.1) is 0 Å². The Morgan fingerprint density at radius 3 is 2.12 bits per heavy atom. The number of aromatic nitrogens is 3. The summed E-state index contributed by atoms with van der Waals surface area (Å²) in [6, 6.07) is 16.5. The van der Waals surface area contributed by atoms with Gasteiger partial charge in [0, 0.05) is 0 Å². The number of carbonyl (C=O) groups excluding carboxylic acids is 2. The lowest BCUT2D eigenvalue weighted by atomic mass is 10.2. The van der Waals surface area contributed by atoms with Crippen LogP contribution in [0.2, 0.25) is 0 Å². The predicted molar refractivity (Wildman–Crippen MR) is 112 cm³/mol. The zero-order valence-electron chi connectivity index (χ0n) is 17.2. The summed E-state index contributed by atoms with van der Waals surface area (Å²) in [5, 5.41) is 0. The van der Waals surface area contributed by atoms with Gasteiger partial charge in [0.1, 0.15) is 12.6 Å². The molecule has 0 saturated heterocycles. The molecular weight excluding hydrogens is 418 g/mol. The molecule has 0 aliphatic carbocycles. The molecule has 32 heavy (non-hydrogen) atoms. The van der Waals surface area contributed by atoms with Crippen LogP contribution in [-0.2, 0) is 14.2 Å². The van der Waals surface area contributed by atoms with E-state index in [9.17, 15) is 19.2 Å². The van der Waals surface area contributed by atoms with Gasteiger partial charge in [-0.25, -0.2) is 19.2 Å². The number of hydrogen-bond donors (Lipinski definition) is 1. The molecule has 10 heteroatoms. The summed E-state index contributed by atoms with van der Waals surface area (Å²) in [4.78, 5) is 53.7. The van der Waals surface area contributed by atoms with E-state index in [0.717, 1.165) is 10.9 Å². The fourth-order valence-corrected chi connectivity index (χ4v) is 2.76. The van der Waals surface area contributed by atoms with Gasteiger partial charge in [-0.2, -0.15) is 4.98 Å². The molecule has 2 aromatic carbocycles. The molecule has 0 amide bonds. The number of esters is 2. The smallest absolute Gasteiger partial charge is 0.350 e. The van der Waals surface area contributed by atoms with E-state index < -0.39 is 42.4 Å². The number of hydrogen-bond acceptors (Lipinski definition) is 8. The molecule has 1 N–H and O–H groups in total. The first-order chi connectivity index (χ1) is 15.5. The van der Waals surface area contributed by atoms with Gasteiger partial charge in [0.25, 0.3) is 0 Å². The molecule has 0 fully saturated rings. The SMILES string of the molecule is CC[C@@H](OC(COC(=O)c1ccccc1)OC(=O)c1ccccc1)n1cnc(=O)[nH]c1=O. The molecule has 0 bridgehead atoms. The molecule has 3 rings (SSSR count). The second kappa shape index (κ2) is 10.8. The number of rotatable bonds is 9. The Morgan fingerprint density at radius 2 is 1.56 bits per heavy atom. The Morgan fingerprint density at radius 1 is 0.969 bits per heavy atom. The zero-order valence-corrected chi connectivity index (χ0v) is 17.2. The minimum Gasteiger partial charge on any atom is -0.455 e. The Kier molecular flexibility index (Phi) is 7.65. The Hall–Kier alpha value is -4.05. The van der Waals surface area contributed by atoms with Gasteiger partial charge in [-0.05, 0) is 30.7 Å². The number of benzene rings is 2. The number of aromatic amines is 1. The molecule has 166 valence electrons. The monoisotopic (exact) mass is 439 g/mol. The van der Waals surface area contributed by atoms with E-state index in [1.807, 2.05) is 4.98 Å². The fourth-order valence-electron chi connectivity index (χ4n) is 2.76. The lowest BCUT2D eigenvalue weighted by molar-refractivity contribution is -0.182. The van der Waals surface area contributed by atoms with Crippen molar-refractivity contribution in [3.8, 4) is 0 Å². The van der Waals surface area contributed by atoms with Crippen LogP contribution in [-0.4, -0.2) is 39.4 Å². The minimum absolute atomic E-state index is 0.264. The number of nitrogens with zero attached hydrogens (tertiary/aromatic N) is 2. The first kappa shape index (κ1) is 22.6. The van der Waals surface area contributed by atoms with Crippen LogP contribution in [0.25, 0.3) is 0 Å². The highest BCUT2D eigenvalue weighted by Crippen LogP contribution is 2.16. The van der Waals surface area contributed by atoms with Gasteiger partial charge in [0.05, 0.1) is 11.1 Å². The average molecular weight is 439 g/mol. The topological polar surface area (TPSA) is 130 Å². The maximum Gasteiger partial charge on any atom is 0.350 e. The molecule has 0 aliphatic heterocycles. The third-order valence-electron chi connectivity index (χ3n) is 4.32. The van der Waals surface area contributed by atoms with Crippen LogP contribution < -0.4 is 11.4 Å². The number of carbonyl (C=O) groups is 2. The highest BCUT2D eigenvalue weighted by atomic mass is 16.7. The summed E-state index contributed by atoms with van der Waals surface area (Å²) in [5.41, 5.74) is -0.962. The van der Waals surface area contributed by atoms with Crippen LogP contribution in [0.4, 0.5) is 0 Å². The van der Waals surface area contributed by atoms with Crippen LogP contribution in [0.15, 0.2) is 76.6 Å². The van der Waals surface area contributed by atoms with Gasteiger partial charge in [-0.15, -0.1) is 0 Å². The van der Waals surface area contributed by atoms with Crippen LogP contribution in [0.3, 0.4) is 0 Å². The molecular formula is C22H21N3O7. The van der Waals surface area contributed by atoms with Gasteiger partial charge >= 0.3 is 23.3 Å². The summed E-state index contributed by atoms with van der Waals surface area (Å²) in [6.07, 6.45) is -0.990. The van der Waals surface area contributed by atoms with Gasteiger partial charge in [0.2, 0.25) is 6.29 Å². The van der Waals surface area contributed by atoms with Gasteiger partial charge in [-0.3, -0.25) is 9.55 Å². The van der Waals surface area contributed by atoms with Crippen molar-refractivity contribution in [2.75, 3.05) is 6.61 Å². The number of H-pyrrole nitrogens is 1.